The van der Waals surface area contributed by atoms with Crippen molar-refractivity contribution in [3.8, 4) is 0 Å². The number of hydrogen-bond acceptors (Lipinski definition) is 1. The van der Waals surface area contributed by atoms with Crippen LogP contribution in [0.15, 0.2) is 48.5 Å². The number of benzene rings is 2. The van der Waals surface area contributed by atoms with E-state index in [0.717, 1.165) is 27.8 Å². The minimum Gasteiger partial charge on any atom is -0.358 e. The lowest BCUT2D eigenvalue weighted by Gasteiger charge is -2.08. The van der Waals surface area contributed by atoms with Crippen molar-refractivity contribution in [3.63, 3.8) is 0 Å². The molecule has 23 heavy (non-hydrogen) atoms. The Balaban J connectivity index is 1.75. The second-order valence-electron chi connectivity index (χ2n) is 6.28. The van der Waals surface area contributed by atoms with Crippen LogP contribution in [0.2, 0.25) is 0 Å². The largest absolute Gasteiger partial charge is 0.358 e. The van der Waals surface area contributed by atoms with Crippen molar-refractivity contribution < 1.29 is 4.79 Å². The van der Waals surface area contributed by atoms with E-state index in [0.29, 0.717) is 12.3 Å². The van der Waals surface area contributed by atoms with Gasteiger partial charge >= 0.3 is 0 Å². The molecule has 1 amide bonds. The Kier molecular flexibility index (Phi) is 4.20. The zero-order chi connectivity index (χ0) is 16.4. The van der Waals surface area contributed by atoms with Crippen LogP contribution in [0.1, 0.15) is 36.6 Å². The van der Waals surface area contributed by atoms with Crippen molar-refractivity contribution in [2.75, 3.05) is 5.32 Å². The molecule has 0 bridgehead atoms. The van der Waals surface area contributed by atoms with Crippen molar-refractivity contribution in [2.45, 2.75) is 33.1 Å². The molecular weight excluding hydrogens is 284 g/mol. The van der Waals surface area contributed by atoms with Gasteiger partial charge in [0, 0.05) is 22.3 Å². The van der Waals surface area contributed by atoms with E-state index in [9.17, 15) is 4.79 Å². The van der Waals surface area contributed by atoms with Gasteiger partial charge in [-0.05, 0) is 42.2 Å². The van der Waals surface area contributed by atoms with Gasteiger partial charge in [0.1, 0.15) is 0 Å². The molecule has 3 nitrogen and oxygen atoms in total. The van der Waals surface area contributed by atoms with E-state index in [1.54, 1.807) is 0 Å². The molecule has 0 fully saturated rings. The molecule has 3 rings (SSSR count). The molecule has 0 aliphatic heterocycles. The highest BCUT2D eigenvalue weighted by Crippen LogP contribution is 2.23. The van der Waals surface area contributed by atoms with Crippen LogP contribution in [0.5, 0.6) is 0 Å². The van der Waals surface area contributed by atoms with Gasteiger partial charge in [0.05, 0.1) is 6.42 Å². The summed E-state index contributed by atoms with van der Waals surface area (Å²) in [5.74, 6) is 0.503. The Morgan fingerprint density at radius 1 is 1.09 bits per heavy atom. The van der Waals surface area contributed by atoms with Crippen molar-refractivity contribution >= 4 is 22.5 Å². The molecule has 0 saturated carbocycles. The molecule has 0 saturated heterocycles. The van der Waals surface area contributed by atoms with Crippen LogP contribution in [-0.2, 0) is 11.2 Å². The first-order chi connectivity index (χ1) is 11.0. The smallest absolute Gasteiger partial charge is 0.228 e. The number of carbonyl (C=O) groups is 1. The number of nitrogens with one attached hydrogen (secondary N) is 2. The fraction of sp³-hybridized carbons (Fsp3) is 0.250. The van der Waals surface area contributed by atoms with Crippen LogP contribution in [0.25, 0.3) is 10.9 Å². The molecule has 2 aromatic carbocycles. The van der Waals surface area contributed by atoms with Gasteiger partial charge in [0.15, 0.2) is 0 Å². The summed E-state index contributed by atoms with van der Waals surface area (Å²) < 4.78 is 0. The standard InChI is InChI=1S/C20H22N2O/c1-13(2)15-8-10-16(11-9-15)22-20(23)12-18-14(3)21-19-7-5-4-6-17(18)19/h4-11,13,21H,12H2,1-3H3,(H,22,23). The maximum atomic E-state index is 12.4. The van der Waals surface area contributed by atoms with Crippen LogP contribution in [-0.4, -0.2) is 10.9 Å². The molecule has 0 aliphatic rings. The summed E-state index contributed by atoms with van der Waals surface area (Å²) in [5.41, 5.74) is 5.31. The monoisotopic (exact) mass is 306 g/mol. The average Bonchev–Trinajstić information content (AvgIpc) is 2.84. The first kappa shape index (κ1) is 15.3. The summed E-state index contributed by atoms with van der Waals surface area (Å²) >= 11 is 0. The van der Waals surface area contributed by atoms with Gasteiger partial charge < -0.3 is 10.3 Å². The Hall–Kier alpha value is -2.55. The van der Waals surface area contributed by atoms with Gasteiger partial charge in [-0.2, -0.15) is 0 Å². The number of aromatic amines is 1. The number of hydrogen-bond donors (Lipinski definition) is 2. The molecule has 1 heterocycles. The van der Waals surface area contributed by atoms with Gasteiger partial charge in [-0.25, -0.2) is 0 Å². The summed E-state index contributed by atoms with van der Waals surface area (Å²) in [5, 5.41) is 4.11. The van der Waals surface area contributed by atoms with Gasteiger partial charge in [-0.1, -0.05) is 44.2 Å². The minimum atomic E-state index is 0.00940. The van der Waals surface area contributed by atoms with Crippen molar-refractivity contribution in [1.82, 2.24) is 4.98 Å². The van der Waals surface area contributed by atoms with Crippen LogP contribution >= 0.6 is 0 Å². The van der Waals surface area contributed by atoms with E-state index in [1.165, 1.54) is 5.56 Å². The maximum absolute atomic E-state index is 12.4. The lowest BCUT2D eigenvalue weighted by atomic mass is 10.0. The van der Waals surface area contributed by atoms with Crippen molar-refractivity contribution in [2.24, 2.45) is 0 Å². The number of carbonyl (C=O) groups excluding carboxylic acids is 1. The molecule has 3 aromatic rings. The number of rotatable bonds is 4. The molecule has 0 aliphatic carbocycles. The number of aryl methyl sites for hydroxylation is 1. The summed E-state index contributed by atoms with van der Waals surface area (Å²) in [6.45, 7) is 6.33. The summed E-state index contributed by atoms with van der Waals surface area (Å²) in [4.78, 5) is 15.7. The van der Waals surface area contributed by atoms with E-state index in [1.807, 2.05) is 37.3 Å². The van der Waals surface area contributed by atoms with Crippen LogP contribution in [0.3, 0.4) is 0 Å². The van der Waals surface area contributed by atoms with Crippen LogP contribution < -0.4 is 5.32 Å². The van der Waals surface area contributed by atoms with E-state index in [4.69, 9.17) is 0 Å². The SMILES string of the molecule is Cc1[nH]c2ccccc2c1CC(=O)Nc1ccc(C(C)C)cc1. The van der Waals surface area contributed by atoms with E-state index < -0.39 is 0 Å². The summed E-state index contributed by atoms with van der Waals surface area (Å²) in [6, 6.07) is 16.2. The molecule has 118 valence electrons. The second kappa shape index (κ2) is 6.29. The molecule has 1 aromatic heterocycles. The Labute approximate surface area is 136 Å². The van der Waals surface area contributed by atoms with Gasteiger partial charge in [0.2, 0.25) is 5.91 Å². The third-order valence-corrected chi connectivity index (χ3v) is 4.23. The molecule has 2 N–H and O–H groups in total. The highest BCUT2D eigenvalue weighted by molar-refractivity contribution is 5.96. The van der Waals surface area contributed by atoms with Crippen molar-refractivity contribution in [3.05, 3.63) is 65.4 Å². The third-order valence-electron chi connectivity index (χ3n) is 4.23. The highest BCUT2D eigenvalue weighted by atomic mass is 16.1. The predicted molar refractivity (Wildman–Crippen MR) is 95.9 cm³/mol. The number of anilines is 1. The Morgan fingerprint density at radius 3 is 2.48 bits per heavy atom. The molecule has 0 unspecified atom stereocenters. The number of fused-ring (bicyclic) bond motifs is 1. The number of para-hydroxylation sites is 1. The highest BCUT2D eigenvalue weighted by Gasteiger charge is 2.12. The lowest BCUT2D eigenvalue weighted by Crippen LogP contribution is -2.14. The predicted octanol–water partition coefficient (Wildman–Crippen LogP) is 4.78. The molecule has 3 heteroatoms. The quantitative estimate of drug-likeness (QED) is 0.715. The molecule has 0 spiro atoms. The normalized spacial score (nSPS) is 11.1. The third kappa shape index (κ3) is 3.29. The average molecular weight is 306 g/mol. The van der Waals surface area contributed by atoms with Gasteiger partial charge in [-0.3, -0.25) is 4.79 Å². The minimum absolute atomic E-state index is 0.00940. The van der Waals surface area contributed by atoms with Gasteiger partial charge in [0.25, 0.3) is 0 Å². The van der Waals surface area contributed by atoms with Crippen LogP contribution in [0.4, 0.5) is 5.69 Å². The van der Waals surface area contributed by atoms with Crippen LogP contribution in [0, 0.1) is 6.92 Å². The van der Waals surface area contributed by atoms with Gasteiger partial charge in [-0.15, -0.1) is 0 Å². The molecular formula is C20H22N2O. The summed E-state index contributed by atoms with van der Waals surface area (Å²) in [6.07, 6.45) is 0.377. The molecule has 0 atom stereocenters. The first-order valence-corrected chi connectivity index (χ1v) is 8.00. The zero-order valence-corrected chi connectivity index (χ0v) is 13.8. The van der Waals surface area contributed by atoms with E-state index in [-0.39, 0.29) is 5.91 Å². The number of amides is 1. The zero-order valence-electron chi connectivity index (χ0n) is 13.8. The lowest BCUT2D eigenvalue weighted by molar-refractivity contribution is -0.115. The summed E-state index contributed by atoms with van der Waals surface area (Å²) in [7, 11) is 0. The Morgan fingerprint density at radius 2 is 1.78 bits per heavy atom. The molecule has 0 radical (unpaired) electrons. The topological polar surface area (TPSA) is 44.9 Å². The Bertz CT molecular complexity index is 828. The fourth-order valence-corrected chi connectivity index (χ4v) is 2.88. The maximum Gasteiger partial charge on any atom is 0.228 e. The first-order valence-electron chi connectivity index (χ1n) is 8.00. The van der Waals surface area contributed by atoms with E-state index >= 15 is 0 Å². The second-order valence-corrected chi connectivity index (χ2v) is 6.28. The fourth-order valence-electron chi connectivity index (χ4n) is 2.88. The number of aromatic nitrogens is 1. The van der Waals surface area contributed by atoms with E-state index in [2.05, 4.69) is 42.3 Å². The van der Waals surface area contributed by atoms with Crippen molar-refractivity contribution in [1.29, 1.82) is 0 Å². The number of H-pyrrole nitrogens is 1.